The molecule has 1 fully saturated rings. The van der Waals surface area contributed by atoms with Crippen molar-refractivity contribution in [1.82, 2.24) is 20.1 Å². The number of aromatic nitrogens is 1. The molecular formula is C18H24N4O2S2. The van der Waals surface area contributed by atoms with Gasteiger partial charge in [-0.05, 0) is 18.4 Å². The Morgan fingerprint density at radius 3 is 2.62 bits per heavy atom. The molecule has 140 valence electrons. The molecule has 3 rings (SSSR count). The van der Waals surface area contributed by atoms with Crippen LogP contribution in [0.1, 0.15) is 35.0 Å². The SMILES string of the molecule is CC(=O)NC(CC(=O)N1CCN(Cc2csc(C)n2)CC1)c1cccs1. The van der Waals surface area contributed by atoms with E-state index in [9.17, 15) is 9.59 Å². The minimum atomic E-state index is -0.240. The van der Waals surface area contributed by atoms with Gasteiger partial charge in [-0.2, -0.15) is 0 Å². The van der Waals surface area contributed by atoms with E-state index in [-0.39, 0.29) is 17.9 Å². The molecule has 0 spiro atoms. The first kappa shape index (κ1) is 19.0. The highest BCUT2D eigenvalue weighted by atomic mass is 32.1. The van der Waals surface area contributed by atoms with Crippen LogP contribution in [0.15, 0.2) is 22.9 Å². The molecule has 1 aliphatic rings. The Balaban J connectivity index is 1.51. The molecule has 0 aliphatic carbocycles. The third-order valence-electron chi connectivity index (χ3n) is 4.42. The monoisotopic (exact) mass is 392 g/mol. The zero-order chi connectivity index (χ0) is 18.5. The Morgan fingerprint density at radius 1 is 1.27 bits per heavy atom. The maximum atomic E-state index is 12.7. The van der Waals surface area contributed by atoms with Crippen molar-refractivity contribution in [1.29, 1.82) is 0 Å². The molecule has 1 unspecified atom stereocenters. The standard InChI is InChI=1S/C18H24N4O2S2/c1-13(23)19-16(17-4-3-9-25-17)10-18(24)22-7-5-21(6-8-22)11-15-12-26-14(2)20-15/h3-4,9,12,16H,5-8,10-11H2,1-2H3,(H,19,23). The van der Waals surface area contributed by atoms with Crippen molar-refractivity contribution in [2.24, 2.45) is 0 Å². The summed E-state index contributed by atoms with van der Waals surface area (Å²) in [6, 6.07) is 3.67. The van der Waals surface area contributed by atoms with E-state index in [2.05, 4.69) is 20.6 Å². The Labute approximate surface area is 161 Å². The first-order valence-electron chi connectivity index (χ1n) is 8.73. The van der Waals surface area contributed by atoms with Gasteiger partial charge in [0, 0.05) is 49.9 Å². The Bertz CT molecular complexity index is 736. The average Bonchev–Trinajstić information content (AvgIpc) is 3.26. The Kier molecular flexibility index (Phi) is 6.39. The summed E-state index contributed by atoms with van der Waals surface area (Å²) in [6.45, 7) is 7.50. The zero-order valence-corrected chi connectivity index (χ0v) is 16.7. The minimum absolute atomic E-state index is 0.0984. The molecule has 2 aromatic rings. The predicted molar refractivity (Wildman–Crippen MR) is 104 cm³/mol. The topological polar surface area (TPSA) is 65.5 Å². The normalized spacial score (nSPS) is 16.5. The predicted octanol–water partition coefficient (Wildman–Crippen LogP) is 2.42. The van der Waals surface area contributed by atoms with Crippen LogP contribution in [0.2, 0.25) is 0 Å². The second kappa shape index (κ2) is 8.75. The molecule has 3 heterocycles. The lowest BCUT2D eigenvalue weighted by Gasteiger charge is -2.35. The highest BCUT2D eigenvalue weighted by molar-refractivity contribution is 7.10. The summed E-state index contributed by atoms with van der Waals surface area (Å²) in [5, 5.41) is 8.06. The van der Waals surface area contributed by atoms with Gasteiger partial charge in [0.1, 0.15) is 0 Å². The van der Waals surface area contributed by atoms with E-state index in [1.54, 1.807) is 22.7 Å². The molecule has 6 nitrogen and oxygen atoms in total. The van der Waals surface area contributed by atoms with Crippen molar-refractivity contribution in [2.75, 3.05) is 26.2 Å². The van der Waals surface area contributed by atoms with E-state index in [4.69, 9.17) is 0 Å². The number of rotatable bonds is 6. The molecule has 2 amide bonds. The number of nitrogens with one attached hydrogen (secondary N) is 1. The Morgan fingerprint density at radius 2 is 2.04 bits per heavy atom. The van der Waals surface area contributed by atoms with E-state index >= 15 is 0 Å². The minimum Gasteiger partial charge on any atom is -0.348 e. The van der Waals surface area contributed by atoms with E-state index in [1.165, 1.54) is 6.92 Å². The highest BCUT2D eigenvalue weighted by Crippen LogP contribution is 2.23. The van der Waals surface area contributed by atoms with Crippen molar-refractivity contribution in [3.63, 3.8) is 0 Å². The third kappa shape index (κ3) is 5.12. The van der Waals surface area contributed by atoms with Gasteiger partial charge >= 0.3 is 0 Å². The first-order chi connectivity index (χ1) is 12.5. The smallest absolute Gasteiger partial charge is 0.225 e. The van der Waals surface area contributed by atoms with Gasteiger partial charge in [-0.3, -0.25) is 14.5 Å². The van der Waals surface area contributed by atoms with Gasteiger partial charge in [0.15, 0.2) is 0 Å². The number of aryl methyl sites for hydroxylation is 1. The number of carbonyl (C=O) groups is 2. The third-order valence-corrected chi connectivity index (χ3v) is 6.23. The van der Waals surface area contributed by atoms with Gasteiger partial charge < -0.3 is 10.2 Å². The molecule has 2 aromatic heterocycles. The molecule has 1 aliphatic heterocycles. The second-order valence-electron chi connectivity index (χ2n) is 6.49. The molecule has 0 aromatic carbocycles. The Hall–Kier alpha value is -1.77. The lowest BCUT2D eigenvalue weighted by atomic mass is 10.1. The molecule has 1 N–H and O–H groups in total. The summed E-state index contributed by atoms with van der Waals surface area (Å²) in [5.41, 5.74) is 1.11. The number of amides is 2. The largest absolute Gasteiger partial charge is 0.348 e. The molecule has 1 saturated heterocycles. The number of hydrogen-bond acceptors (Lipinski definition) is 6. The van der Waals surface area contributed by atoms with Gasteiger partial charge in [-0.1, -0.05) is 6.07 Å². The fourth-order valence-corrected chi connectivity index (χ4v) is 4.51. The second-order valence-corrected chi connectivity index (χ2v) is 8.53. The van der Waals surface area contributed by atoms with E-state index in [0.29, 0.717) is 6.42 Å². The van der Waals surface area contributed by atoms with Crippen LogP contribution in [0.4, 0.5) is 0 Å². The van der Waals surface area contributed by atoms with E-state index in [1.807, 2.05) is 29.3 Å². The van der Waals surface area contributed by atoms with Gasteiger partial charge in [0.05, 0.1) is 23.2 Å². The van der Waals surface area contributed by atoms with Crippen molar-refractivity contribution in [3.05, 3.63) is 38.5 Å². The van der Waals surface area contributed by atoms with E-state index < -0.39 is 0 Å². The van der Waals surface area contributed by atoms with Crippen molar-refractivity contribution < 1.29 is 9.59 Å². The van der Waals surface area contributed by atoms with Crippen LogP contribution in [0.5, 0.6) is 0 Å². The zero-order valence-electron chi connectivity index (χ0n) is 15.1. The van der Waals surface area contributed by atoms with Crippen LogP contribution in [0, 0.1) is 6.92 Å². The fraction of sp³-hybridized carbons (Fsp3) is 0.500. The number of carbonyl (C=O) groups excluding carboxylic acids is 2. The average molecular weight is 393 g/mol. The van der Waals surface area contributed by atoms with E-state index in [0.717, 1.165) is 48.3 Å². The van der Waals surface area contributed by atoms with Crippen LogP contribution in [-0.2, 0) is 16.1 Å². The molecule has 0 saturated carbocycles. The molecular weight excluding hydrogens is 368 g/mol. The van der Waals surface area contributed by atoms with Crippen LogP contribution in [0.25, 0.3) is 0 Å². The number of thiophene rings is 1. The highest BCUT2D eigenvalue weighted by Gasteiger charge is 2.25. The molecule has 26 heavy (non-hydrogen) atoms. The number of piperazine rings is 1. The quantitative estimate of drug-likeness (QED) is 0.820. The van der Waals surface area contributed by atoms with Crippen LogP contribution in [-0.4, -0.2) is 52.8 Å². The van der Waals surface area contributed by atoms with Crippen LogP contribution >= 0.6 is 22.7 Å². The molecule has 0 radical (unpaired) electrons. The summed E-state index contributed by atoms with van der Waals surface area (Å²) in [4.78, 5) is 34.0. The number of nitrogens with zero attached hydrogens (tertiary/aromatic N) is 3. The summed E-state index contributed by atoms with van der Waals surface area (Å²) in [7, 11) is 0. The lowest BCUT2D eigenvalue weighted by Crippen LogP contribution is -2.49. The lowest BCUT2D eigenvalue weighted by molar-refractivity contribution is -0.133. The maximum absolute atomic E-state index is 12.7. The fourth-order valence-electron chi connectivity index (χ4n) is 3.13. The first-order valence-corrected chi connectivity index (χ1v) is 10.5. The van der Waals surface area contributed by atoms with Crippen molar-refractivity contribution >= 4 is 34.5 Å². The number of hydrogen-bond donors (Lipinski definition) is 1. The summed E-state index contributed by atoms with van der Waals surface area (Å²) >= 11 is 3.24. The van der Waals surface area contributed by atoms with Crippen LogP contribution < -0.4 is 5.32 Å². The van der Waals surface area contributed by atoms with Gasteiger partial charge in [0.2, 0.25) is 11.8 Å². The molecule has 0 bridgehead atoms. The summed E-state index contributed by atoms with van der Waals surface area (Å²) < 4.78 is 0. The molecule has 8 heteroatoms. The summed E-state index contributed by atoms with van der Waals surface area (Å²) in [5.74, 6) is -0.0131. The molecule has 1 atom stereocenters. The van der Waals surface area contributed by atoms with Crippen molar-refractivity contribution in [3.8, 4) is 0 Å². The van der Waals surface area contributed by atoms with Gasteiger partial charge in [-0.15, -0.1) is 22.7 Å². The van der Waals surface area contributed by atoms with Gasteiger partial charge in [-0.25, -0.2) is 4.98 Å². The summed E-state index contributed by atoms with van der Waals surface area (Å²) in [6.07, 6.45) is 0.311. The van der Waals surface area contributed by atoms with Crippen molar-refractivity contribution in [2.45, 2.75) is 32.9 Å². The van der Waals surface area contributed by atoms with Crippen LogP contribution in [0.3, 0.4) is 0 Å². The van der Waals surface area contributed by atoms with Gasteiger partial charge in [0.25, 0.3) is 0 Å². The maximum Gasteiger partial charge on any atom is 0.225 e. The number of thiazole rings is 1.